The molecule has 2 heterocycles. The van der Waals surface area contributed by atoms with Crippen LogP contribution in [0.3, 0.4) is 0 Å². The van der Waals surface area contributed by atoms with Gasteiger partial charge in [-0.3, -0.25) is 9.78 Å². The van der Waals surface area contributed by atoms with E-state index in [1.807, 2.05) is 66.5 Å². The SMILES string of the molecule is COc1ccc(C(C)N(C)c2nc3c(cnn3-c3ccccc3)c(=O)[nH]2)cc1. The molecule has 142 valence electrons. The number of hydrogen-bond donors (Lipinski definition) is 1. The van der Waals surface area contributed by atoms with Crippen LogP contribution in [-0.2, 0) is 0 Å². The minimum atomic E-state index is -0.212. The average Bonchev–Trinajstić information content (AvgIpc) is 3.18. The molecular weight excluding hydrogens is 354 g/mol. The molecule has 0 radical (unpaired) electrons. The maximum absolute atomic E-state index is 12.6. The molecule has 7 heteroatoms. The van der Waals surface area contributed by atoms with Gasteiger partial charge in [-0.1, -0.05) is 30.3 Å². The maximum Gasteiger partial charge on any atom is 0.263 e. The lowest BCUT2D eigenvalue weighted by molar-refractivity contribution is 0.414. The predicted molar refractivity (Wildman–Crippen MR) is 109 cm³/mol. The molecule has 28 heavy (non-hydrogen) atoms. The highest BCUT2D eigenvalue weighted by Gasteiger charge is 2.18. The van der Waals surface area contributed by atoms with E-state index >= 15 is 0 Å². The zero-order valence-corrected chi connectivity index (χ0v) is 16.0. The van der Waals surface area contributed by atoms with Crippen LogP contribution in [0, 0.1) is 0 Å². The minimum Gasteiger partial charge on any atom is -0.497 e. The summed E-state index contributed by atoms with van der Waals surface area (Å²) < 4.78 is 6.90. The first-order chi connectivity index (χ1) is 13.6. The van der Waals surface area contributed by atoms with E-state index in [0.717, 1.165) is 17.0 Å². The lowest BCUT2D eigenvalue weighted by Gasteiger charge is -2.25. The van der Waals surface area contributed by atoms with Crippen molar-refractivity contribution >= 4 is 17.0 Å². The smallest absolute Gasteiger partial charge is 0.263 e. The molecule has 4 aromatic rings. The molecule has 0 bridgehead atoms. The van der Waals surface area contributed by atoms with Crippen molar-refractivity contribution in [2.75, 3.05) is 19.1 Å². The number of methoxy groups -OCH3 is 1. The van der Waals surface area contributed by atoms with E-state index < -0.39 is 0 Å². The summed E-state index contributed by atoms with van der Waals surface area (Å²) in [6.07, 6.45) is 1.55. The number of fused-ring (bicyclic) bond motifs is 1. The molecule has 0 amide bonds. The molecule has 0 spiro atoms. The van der Waals surface area contributed by atoms with Crippen LogP contribution in [-0.4, -0.2) is 33.9 Å². The van der Waals surface area contributed by atoms with Gasteiger partial charge in [0.2, 0.25) is 5.95 Å². The number of nitrogens with zero attached hydrogens (tertiary/aromatic N) is 4. The second-order valence-corrected chi connectivity index (χ2v) is 6.58. The molecule has 2 aromatic carbocycles. The van der Waals surface area contributed by atoms with Crippen molar-refractivity contribution in [3.8, 4) is 11.4 Å². The second kappa shape index (κ2) is 7.19. The van der Waals surface area contributed by atoms with Crippen LogP contribution in [0.15, 0.2) is 65.6 Å². The number of para-hydroxylation sites is 1. The molecule has 7 nitrogen and oxygen atoms in total. The van der Waals surface area contributed by atoms with Crippen LogP contribution in [0.25, 0.3) is 16.7 Å². The van der Waals surface area contributed by atoms with Crippen LogP contribution in [0.1, 0.15) is 18.5 Å². The zero-order valence-electron chi connectivity index (χ0n) is 16.0. The quantitative estimate of drug-likeness (QED) is 0.579. The van der Waals surface area contributed by atoms with Crippen molar-refractivity contribution in [2.45, 2.75) is 13.0 Å². The van der Waals surface area contributed by atoms with Gasteiger partial charge in [0.25, 0.3) is 5.56 Å². The topological polar surface area (TPSA) is 76.0 Å². The molecule has 0 aliphatic carbocycles. The number of hydrogen-bond acceptors (Lipinski definition) is 5. The monoisotopic (exact) mass is 375 g/mol. The molecule has 0 saturated heterocycles. The Morgan fingerprint density at radius 3 is 2.50 bits per heavy atom. The number of benzene rings is 2. The minimum absolute atomic E-state index is 0.000368. The fourth-order valence-electron chi connectivity index (χ4n) is 3.12. The van der Waals surface area contributed by atoms with E-state index in [-0.39, 0.29) is 11.6 Å². The van der Waals surface area contributed by atoms with Crippen LogP contribution >= 0.6 is 0 Å². The lowest BCUT2D eigenvalue weighted by atomic mass is 10.1. The maximum atomic E-state index is 12.6. The van der Waals surface area contributed by atoms with E-state index in [9.17, 15) is 4.79 Å². The highest BCUT2D eigenvalue weighted by molar-refractivity contribution is 5.76. The summed E-state index contributed by atoms with van der Waals surface area (Å²) in [6, 6.07) is 17.5. The highest BCUT2D eigenvalue weighted by Crippen LogP contribution is 2.25. The van der Waals surface area contributed by atoms with Gasteiger partial charge in [-0.05, 0) is 36.8 Å². The average molecular weight is 375 g/mol. The Morgan fingerprint density at radius 2 is 1.82 bits per heavy atom. The molecule has 4 rings (SSSR count). The van der Waals surface area contributed by atoms with Crippen molar-refractivity contribution in [3.63, 3.8) is 0 Å². The normalized spacial score (nSPS) is 12.1. The van der Waals surface area contributed by atoms with E-state index in [0.29, 0.717) is 17.0 Å². The van der Waals surface area contributed by atoms with Gasteiger partial charge in [0, 0.05) is 7.05 Å². The summed E-state index contributed by atoms with van der Waals surface area (Å²) in [4.78, 5) is 22.1. The summed E-state index contributed by atoms with van der Waals surface area (Å²) in [6.45, 7) is 2.06. The summed E-state index contributed by atoms with van der Waals surface area (Å²) in [5.74, 6) is 1.29. The molecule has 2 aromatic heterocycles. The third-order valence-corrected chi connectivity index (χ3v) is 4.94. The van der Waals surface area contributed by atoms with E-state index in [1.165, 1.54) is 0 Å². The van der Waals surface area contributed by atoms with Crippen molar-refractivity contribution in [1.29, 1.82) is 0 Å². The molecule has 1 unspecified atom stereocenters. The molecular formula is C21H21N5O2. The number of aromatic nitrogens is 4. The standard InChI is InChI=1S/C21H21N5O2/c1-14(15-9-11-17(28-3)12-10-15)25(2)21-23-19-18(20(27)24-21)13-22-26(19)16-7-5-4-6-8-16/h4-14H,1-3H3,(H,23,24,27). The van der Waals surface area contributed by atoms with Crippen molar-refractivity contribution in [3.05, 3.63) is 76.7 Å². The lowest BCUT2D eigenvalue weighted by Crippen LogP contribution is -2.26. The zero-order chi connectivity index (χ0) is 19.7. The third-order valence-electron chi connectivity index (χ3n) is 4.94. The number of rotatable bonds is 5. The van der Waals surface area contributed by atoms with Crippen molar-refractivity contribution < 1.29 is 4.74 Å². The van der Waals surface area contributed by atoms with Gasteiger partial charge in [-0.15, -0.1) is 0 Å². The van der Waals surface area contributed by atoms with Crippen LogP contribution < -0.4 is 15.2 Å². The molecule has 1 atom stereocenters. The fraction of sp³-hybridized carbons (Fsp3) is 0.190. The Morgan fingerprint density at radius 1 is 1.11 bits per heavy atom. The molecule has 0 fully saturated rings. The van der Waals surface area contributed by atoms with Gasteiger partial charge in [0.1, 0.15) is 11.1 Å². The summed E-state index contributed by atoms with van der Waals surface area (Å²) >= 11 is 0. The summed E-state index contributed by atoms with van der Waals surface area (Å²) in [5, 5.41) is 4.81. The van der Waals surface area contributed by atoms with Gasteiger partial charge < -0.3 is 9.64 Å². The summed E-state index contributed by atoms with van der Waals surface area (Å²) in [7, 11) is 3.55. The van der Waals surface area contributed by atoms with Crippen LogP contribution in [0.5, 0.6) is 5.75 Å². The van der Waals surface area contributed by atoms with Gasteiger partial charge in [-0.2, -0.15) is 10.1 Å². The Kier molecular flexibility index (Phi) is 4.57. The number of H-pyrrole nitrogens is 1. The second-order valence-electron chi connectivity index (χ2n) is 6.58. The third kappa shape index (κ3) is 3.11. The Hall–Kier alpha value is -3.61. The van der Waals surface area contributed by atoms with E-state index in [4.69, 9.17) is 9.72 Å². The van der Waals surface area contributed by atoms with Gasteiger partial charge >= 0.3 is 0 Å². The molecule has 0 aliphatic heterocycles. The summed E-state index contributed by atoms with van der Waals surface area (Å²) in [5.41, 5.74) is 2.25. The van der Waals surface area contributed by atoms with Crippen LogP contribution in [0.4, 0.5) is 5.95 Å². The number of aromatic amines is 1. The predicted octanol–water partition coefficient (Wildman–Crippen LogP) is 3.31. The van der Waals surface area contributed by atoms with E-state index in [2.05, 4.69) is 17.0 Å². The Labute approximate surface area is 162 Å². The number of ether oxygens (including phenoxy) is 1. The van der Waals surface area contributed by atoms with Crippen molar-refractivity contribution in [1.82, 2.24) is 19.7 Å². The van der Waals surface area contributed by atoms with E-state index in [1.54, 1.807) is 18.0 Å². The fourth-order valence-corrected chi connectivity index (χ4v) is 3.12. The first-order valence-corrected chi connectivity index (χ1v) is 8.98. The highest BCUT2D eigenvalue weighted by atomic mass is 16.5. The number of nitrogens with one attached hydrogen (secondary N) is 1. The first-order valence-electron chi connectivity index (χ1n) is 8.98. The molecule has 0 aliphatic rings. The van der Waals surface area contributed by atoms with Gasteiger partial charge in [0.05, 0.1) is 25.0 Å². The molecule has 1 N–H and O–H groups in total. The Balaban J connectivity index is 1.74. The Bertz CT molecular complexity index is 1150. The van der Waals surface area contributed by atoms with Gasteiger partial charge in [-0.25, -0.2) is 4.68 Å². The van der Waals surface area contributed by atoms with Crippen molar-refractivity contribution in [2.24, 2.45) is 0 Å². The molecule has 0 saturated carbocycles. The first kappa shape index (κ1) is 17.8. The number of anilines is 1. The van der Waals surface area contributed by atoms with Crippen LogP contribution in [0.2, 0.25) is 0 Å². The largest absolute Gasteiger partial charge is 0.497 e. The van der Waals surface area contributed by atoms with Gasteiger partial charge in [0.15, 0.2) is 5.65 Å².